The first-order valence-corrected chi connectivity index (χ1v) is 10.3. The Hall–Kier alpha value is -2.25. The molecular formula is C21H26N4O3. The molecule has 3 amide bonds. The molecule has 3 aliphatic heterocycles. The summed E-state index contributed by atoms with van der Waals surface area (Å²) in [6.45, 7) is 3.22. The van der Waals surface area contributed by atoms with Crippen LogP contribution in [0.15, 0.2) is 18.2 Å². The maximum atomic E-state index is 12.9. The van der Waals surface area contributed by atoms with E-state index in [9.17, 15) is 14.4 Å². The molecule has 3 atom stereocenters. The van der Waals surface area contributed by atoms with E-state index in [-0.39, 0.29) is 29.7 Å². The van der Waals surface area contributed by atoms with E-state index in [1.807, 2.05) is 12.1 Å². The smallest absolute Gasteiger partial charge is 0.255 e. The van der Waals surface area contributed by atoms with Gasteiger partial charge < -0.3 is 15.5 Å². The number of carbonyl (C=O) groups excluding carboxylic acids is 3. The predicted octanol–water partition coefficient (Wildman–Crippen LogP) is 0.679. The number of piperidine rings is 1. The Morgan fingerprint density at radius 2 is 2.07 bits per heavy atom. The van der Waals surface area contributed by atoms with Crippen molar-refractivity contribution in [2.45, 2.75) is 56.8 Å². The largest absolute Gasteiger partial charge is 0.322 e. The normalized spacial score (nSPS) is 31.4. The molecule has 3 heterocycles. The van der Waals surface area contributed by atoms with Gasteiger partial charge in [-0.1, -0.05) is 12.1 Å². The zero-order valence-corrected chi connectivity index (χ0v) is 15.9. The molecule has 0 bridgehead atoms. The maximum Gasteiger partial charge on any atom is 0.255 e. The number of nitrogens with zero attached hydrogens (tertiary/aromatic N) is 1. The van der Waals surface area contributed by atoms with Gasteiger partial charge in [-0.3, -0.25) is 19.7 Å². The van der Waals surface area contributed by atoms with Gasteiger partial charge >= 0.3 is 0 Å². The van der Waals surface area contributed by atoms with Crippen LogP contribution in [0.5, 0.6) is 0 Å². The van der Waals surface area contributed by atoms with Gasteiger partial charge in [0.2, 0.25) is 11.8 Å². The zero-order valence-electron chi connectivity index (χ0n) is 15.9. The van der Waals surface area contributed by atoms with Crippen molar-refractivity contribution in [1.82, 2.24) is 20.9 Å². The molecule has 0 spiro atoms. The zero-order chi connectivity index (χ0) is 19.3. The Balaban J connectivity index is 1.28. The van der Waals surface area contributed by atoms with Crippen LogP contribution in [0.1, 0.15) is 53.6 Å². The summed E-state index contributed by atoms with van der Waals surface area (Å²) in [5, 5.41) is 9.64. The summed E-state index contributed by atoms with van der Waals surface area (Å²) < 4.78 is 0. The molecule has 1 saturated carbocycles. The summed E-state index contributed by atoms with van der Waals surface area (Å²) in [7, 11) is 0. The molecule has 7 heteroatoms. The average molecular weight is 382 g/mol. The summed E-state index contributed by atoms with van der Waals surface area (Å²) in [5.41, 5.74) is 3.08. The number of imide groups is 1. The standard InChI is InChI=1S/C21H26N4O3/c26-18-5-4-17(19(27)24-18)25-11-16-13(2-1-3-15(16)20(25)28)10-22-12-21-8-6-14(21)7-9-23-21/h1-3,14,17,22-23H,4-12H2,(H,24,26,27). The highest BCUT2D eigenvalue weighted by Crippen LogP contribution is 2.44. The maximum absolute atomic E-state index is 12.9. The van der Waals surface area contributed by atoms with E-state index in [1.165, 1.54) is 19.3 Å². The second kappa shape index (κ2) is 6.67. The number of benzene rings is 1. The number of carbonyl (C=O) groups is 3. The molecule has 1 aliphatic carbocycles. The molecule has 0 aromatic heterocycles. The molecule has 1 aromatic carbocycles. The number of nitrogens with one attached hydrogen (secondary N) is 3. The van der Waals surface area contributed by atoms with Crippen LogP contribution in [-0.2, 0) is 22.7 Å². The molecule has 3 unspecified atom stereocenters. The second-order valence-electron chi connectivity index (χ2n) is 8.55. The minimum atomic E-state index is -0.560. The van der Waals surface area contributed by atoms with E-state index in [4.69, 9.17) is 0 Å². The summed E-state index contributed by atoms with van der Waals surface area (Å²) in [6, 6.07) is 5.26. The lowest BCUT2D eigenvalue weighted by molar-refractivity contribution is -0.136. The number of hydrogen-bond acceptors (Lipinski definition) is 5. The minimum absolute atomic E-state index is 0.110. The van der Waals surface area contributed by atoms with Crippen molar-refractivity contribution in [3.05, 3.63) is 34.9 Å². The quantitative estimate of drug-likeness (QED) is 0.652. The Kier molecular flexibility index (Phi) is 4.25. The summed E-state index contributed by atoms with van der Waals surface area (Å²) in [5.74, 6) is 0.0663. The van der Waals surface area contributed by atoms with Crippen molar-refractivity contribution in [2.24, 2.45) is 5.92 Å². The van der Waals surface area contributed by atoms with Crippen LogP contribution < -0.4 is 16.0 Å². The van der Waals surface area contributed by atoms with E-state index in [2.05, 4.69) is 22.0 Å². The molecule has 4 aliphatic rings. The highest BCUT2D eigenvalue weighted by atomic mass is 16.2. The van der Waals surface area contributed by atoms with Crippen molar-refractivity contribution in [1.29, 1.82) is 0 Å². The molecule has 3 fully saturated rings. The van der Waals surface area contributed by atoms with Crippen LogP contribution in [0.2, 0.25) is 0 Å². The van der Waals surface area contributed by atoms with E-state index in [1.54, 1.807) is 4.90 Å². The van der Waals surface area contributed by atoms with Gasteiger partial charge in [-0.25, -0.2) is 0 Å². The second-order valence-corrected chi connectivity index (χ2v) is 8.55. The van der Waals surface area contributed by atoms with Gasteiger partial charge in [0.05, 0.1) is 0 Å². The summed E-state index contributed by atoms with van der Waals surface area (Å²) in [4.78, 5) is 38.2. The third kappa shape index (κ3) is 2.76. The number of hydrogen-bond donors (Lipinski definition) is 3. The molecule has 2 saturated heterocycles. The fraction of sp³-hybridized carbons (Fsp3) is 0.571. The molecule has 28 heavy (non-hydrogen) atoms. The lowest BCUT2D eigenvalue weighted by Crippen LogP contribution is -2.58. The summed E-state index contributed by atoms with van der Waals surface area (Å²) in [6.07, 6.45) is 4.51. The highest BCUT2D eigenvalue weighted by molar-refractivity contribution is 6.05. The van der Waals surface area contributed by atoms with Gasteiger partial charge in [-0.05, 0) is 55.3 Å². The van der Waals surface area contributed by atoms with Gasteiger partial charge in [0.25, 0.3) is 5.91 Å². The van der Waals surface area contributed by atoms with Crippen molar-refractivity contribution in [3.8, 4) is 0 Å². The topological polar surface area (TPSA) is 90.5 Å². The SMILES string of the molecule is O=C1CCC(N2Cc3c(CNCC45CCC4CCN5)cccc3C2=O)C(=O)N1. The highest BCUT2D eigenvalue weighted by Gasteiger charge is 2.49. The van der Waals surface area contributed by atoms with E-state index >= 15 is 0 Å². The van der Waals surface area contributed by atoms with Gasteiger partial charge in [0.1, 0.15) is 6.04 Å². The van der Waals surface area contributed by atoms with Crippen LogP contribution in [0.25, 0.3) is 0 Å². The average Bonchev–Trinajstić information content (AvgIpc) is 3.14. The van der Waals surface area contributed by atoms with Crippen LogP contribution >= 0.6 is 0 Å². The minimum Gasteiger partial charge on any atom is -0.322 e. The summed E-state index contributed by atoms with van der Waals surface area (Å²) >= 11 is 0. The van der Waals surface area contributed by atoms with Crippen molar-refractivity contribution in [2.75, 3.05) is 13.1 Å². The van der Waals surface area contributed by atoms with Gasteiger partial charge in [-0.2, -0.15) is 0 Å². The first-order chi connectivity index (χ1) is 13.6. The fourth-order valence-corrected chi connectivity index (χ4v) is 5.38. The molecule has 3 N–H and O–H groups in total. The Morgan fingerprint density at radius 1 is 1.18 bits per heavy atom. The lowest BCUT2D eigenvalue weighted by Gasteiger charge is -2.45. The number of rotatable bonds is 5. The first-order valence-electron chi connectivity index (χ1n) is 10.3. The number of amides is 3. The lowest BCUT2D eigenvalue weighted by atomic mass is 9.68. The molecule has 148 valence electrons. The van der Waals surface area contributed by atoms with Crippen LogP contribution in [0.4, 0.5) is 0 Å². The third-order valence-corrected chi connectivity index (χ3v) is 7.13. The molecule has 0 radical (unpaired) electrons. The Morgan fingerprint density at radius 3 is 2.82 bits per heavy atom. The molecular weight excluding hydrogens is 356 g/mol. The Labute approximate surface area is 164 Å². The van der Waals surface area contributed by atoms with Crippen molar-refractivity contribution >= 4 is 17.7 Å². The van der Waals surface area contributed by atoms with E-state index in [0.717, 1.165) is 36.7 Å². The van der Waals surface area contributed by atoms with E-state index in [0.29, 0.717) is 18.5 Å². The molecule has 5 rings (SSSR count). The van der Waals surface area contributed by atoms with E-state index < -0.39 is 6.04 Å². The Bertz CT molecular complexity index is 854. The van der Waals surface area contributed by atoms with Gasteiger partial charge in [0.15, 0.2) is 0 Å². The first kappa shape index (κ1) is 17.8. The molecule has 7 nitrogen and oxygen atoms in total. The third-order valence-electron chi connectivity index (χ3n) is 7.13. The molecule has 1 aromatic rings. The predicted molar refractivity (Wildman–Crippen MR) is 102 cm³/mol. The van der Waals surface area contributed by atoms with Gasteiger partial charge in [-0.15, -0.1) is 0 Å². The van der Waals surface area contributed by atoms with Crippen molar-refractivity contribution in [3.63, 3.8) is 0 Å². The van der Waals surface area contributed by atoms with Crippen molar-refractivity contribution < 1.29 is 14.4 Å². The van der Waals surface area contributed by atoms with Crippen LogP contribution in [0, 0.1) is 5.92 Å². The number of fused-ring (bicyclic) bond motifs is 2. The monoisotopic (exact) mass is 382 g/mol. The van der Waals surface area contributed by atoms with Crippen LogP contribution in [0.3, 0.4) is 0 Å². The fourth-order valence-electron chi connectivity index (χ4n) is 5.38. The van der Waals surface area contributed by atoms with Gasteiger partial charge in [0, 0.05) is 37.2 Å². The van der Waals surface area contributed by atoms with Crippen LogP contribution in [-0.4, -0.2) is 47.3 Å².